The van der Waals surface area contributed by atoms with Crippen LogP contribution in [0.4, 0.5) is 17.3 Å². The lowest BCUT2D eigenvalue weighted by atomic mass is 10.2. The first-order valence-corrected chi connectivity index (χ1v) is 8.00. The van der Waals surface area contributed by atoms with E-state index >= 15 is 0 Å². The van der Waals surface area contributed by atoms with Gasteiger partial charge in [0.15, 0.2) is 0 Å². The van der Waals surface area contributed by atoms with Crippen LogP contribution in [-0.4, -0.2) is 51.0 Å². The van der Waals surface area contributed by atoms with Crippen molar-refractivity contribution in [2.24, 2.45) is 0 Å². The van der Waals surface area contributed by atoms with Gasteiger partial charge in [-0.15, -0.1) is 0 Å². The van der Waals surface area contributed by atoms with Gasteiger partial charge in [-0.25, -0.2) is 15.0 Å². The molecular formula is C16H17N7O2. The van der Waals surface area contributed by atoms with Gasteiger partial charge in [0.25, 0.3) is 5.69 Å². The van der Waals surface area contributed by atoms with Crippen LogP contribution in [0.1, 0.15) is 6.42 Å². The van der Waals surface area contributed by atoms with Crippen LogP contribution in [-0.2, 0) is 0 Å². The van der Waals surface area contributed by atoms with E-state index in [1.807, 2.05) is 19.3 Å². The molecule has 9 heteroatoms. The zero-order valence-corrected chi connectivity index (χ0v) is 13.7. The fourth-order valence-electron chi connectivity index (χ4n) is 3.24. The van der Waals surface area contributed by atoms with Crippen molar-refractivity contribution >= 4 is 28.4 Å². The summed E-state index contributed by atoms with van der Waals surface area (Å²) in [6, 6.07) is 5.42. The molecule has 4 heterocycles. The van der Waals surface area contributed by atoms with Gasteiger partial charge in [0, 0.05) is 38.4 Å². The van der Waals surface area contributed by atoms with Gasteiger partial charge < -0.3 is 14.8 Å². The number of rotatable bonds is 4. The van der Waals surface area contributed by atoms with Crippen LogP contribution in [0.15, 0.2) is 36.9 Å². The Bertz CT molecular complexity index is 908. The van der Waals surface area contributed by atoms with Crippen molar-refractivity contribution in [2.75, 3.05) is 29.9 Å². The highest BCUT2D eigenvalue weighted by Crippen LogP contribution is 2.28. The summed E-state index contributed by atoms with van der Waals surface area (Å²) in [5, 5.41) is 11.8. The van der Waals surface area contributed by atoms with Gasteiger partial charge >= 0.3 is 0 Å². The Kier molecular flexibility index (Phi) is 3.68. The third-order valence-corrected chi connectivity index (χ3v) is 4.65. The van der Waals surface area contributed by atoms with E-state index in [4.69, 9.17) is 0 Å². The quantitative estimate of drug-likeness (QED) is 0.572. The molecule has 3 aromatic rings. The predicted molar refractivity (Wildman–Crippen MR) is 93.8 cm³/mol. The van der Waals surface area contributed by atoms with E-state index in [-0.39, 0.29) is 11.7 Å². The fourth-order valence-corrected chi connectivity index (χ4v) is 3.24. The Labute approximate surface area is 143 Å². The first-order valence-electron chi connectivity index (χ1n) is 8.00. The highest BCUT2D eigenvalue weighted by Gasteiger charge is 2.28. The number of pyridine rings is 1. The van der Waals surface area contributed by atoms with E-state index < -0.39 is 4.92 Å². The molecule has 3 aromatic heterocycles. The van der Waals surface area contributed by atoms with Crippen molar-refractivity contribution in [3.63, 3.8) is 0 Å². The topological polar surface area (TPSA) is 104 Å². The van der Waals surface area contributed by atoms with E-state index in [0.717, 1.165) is 42.2 Å². The van der Waals surface area contributed by atoms with Crippen molar-refractivity contribution < 1.29 is 4.92 Å². The van der Waals surface area contributed by atoms with Crippen LogP contribution in [0, 0.1) is 10.1 Å². The Balaban J connectivity index is 1.52. The van der Waals surface area contributed by atoms with Crippen molar-refractivity contribution in [1.29, 1.82) is 0 Å². The Hall–Kier alpha value is -3.23. The number of nitrogens with one attached hydrogen (secondary N) is 1. The monoisotopic (exact) mass is 339 g/mol. The molecule has 25 heavy (non-hydrogen) atoms. The largest absolute Gasteiger partial charge is 0.355 e. The lowest BCUT2D eigenvalue weighted by Crippen LogP contribution is -2.35. The number of anilines is 2. The second-order valence-electron chi connectivity index (χ2n) is 6.07. The molecule has 0 saturated carbocycles. The van der Waals surface area contributed by atoms with Crippen molar-refractivity contribution in [2.45, 2.75) is 12.5 Å². The Morgan fingerprint density at radius 1 is 1.32 bits per heavy atom. The molecule has 0 unspecified atom stereocenters. The van der Waals surface area contributed by atoms with Crippen molar-refractivity contribution in [3.05, 3.63) is 47.0 Å². The summed E-state index contributed by atoms with van der Waals surface area (Å²) in [6.45, 7) is 1.70. The standard InChI is InChI=1S/C16H17N7O2/c1-21(14-3-2-11(8-18-14)23(24)25)12-5-7-22(9-12)16-13-4-6-17-15(13)19-10-20-16/h2-4,6,8,10,12H,5,7,9H2,1H3,(H,17,19,20)/t12-/m1/s1. The molecule has 1 saturated heterocycles. The van der Waals surface area contributed by atoms with Crippen molar-refractivity contribution in [1.82, 2.24) is 19.9 Å². The van der Waals surface area contributed by atoms with Crippen LogP contribution in [0.25, 0.3) is 11.0 Å². The maximum absolute atomic E-state index is 10.8. The number of nitrogens with zero attached hydrogens (tertiary/aromatic N) is 6. The smallest absolute Gasteiger partial charge is 0.287 e. The number of hydrogen-bond donors (Lipinski definition) is 1. The van der Waals surface area contributed by atoms with Gasteiger partial charge in [-0.3, -0.25) is 10.1 Å². The summed E-state index contributed by atoms with van der Waals surface area (Å²) in [5.74, 6) is 1.66. The molecule has 0 bridgehead atoms. The maximum Gasteiger partial charge on any atom is 0.287 e. The van der Waals surface area contributed by atoms with Crippen LogP contribution >= 0.6 is 0 Å². The first kappa shape index (κ1) is 15.3. The lowest BCUT2D eigenvalue weighted by Gasteiger charge is -2.26. The van der Waals surface area contributed by atoms with Gasteiger partial charge in [0.05, 0.1) is 10.3 Å². The minimum absolute atomic E-state index is 0.000957. The second-order valence-corrected chi connectivity index (χ2v) is 6.07. The van der Waals surface area contributed by atoms with Gasteiger partial charge in [-0.05, 0) is 18.6 Å². The summed E-state index contributed by atoms with van der Waals surface area (Å²) in [4.78, 5) is 30.6. The normalized spacial score (nSPS) is 17.2. The van der Waals surface area contributed by atoms with Crippen LogP contribution in [0.2, 0.25) is 0 Å². The average molecular weight is 339 g/mol. The summed E-state index contributed by atoms with van der Waals surface area (Å²) < 4.78 is 0. The third-order valence-electron chi connectivity index (χ3n) is 4.65. The van der Waals surface area contributed by atoms with E-state index in [9.17, 15) is 10.1 Å². The summed E-state index contributed by atoms with van der Waals surface area (Å²) in [5.41, 5.74) is 0.833. The SMILES string of the molecule is CN(c1ccc([N+](=O)[O-])cn1)[C@@H]1CCN(c2ncnc3[nH]ccc23)C1. The Morgan fingerprint density at radius 2 is 2.20 bits per heavy atom. The van der Waals surface area contributed by atoms with E-state index in [1.165, 1.54) is 12.3 Å². The van der Waals surface area contributed by atoms with Crippen molar-refractivity contribution in [3.8, 4) is 0 Å². The van der Waals surface area contributed by atoms with Gasteiger partial charge in [0.2, 0.25) is 0 Å². The molecule has 1 aliphatic rings. The number of aromatic amines is 1. The van der Waals surface area contributed by atoms with E-state index in [2.05, 4.69) is 29.7 Å². The minimum Gasteiger partial charge on any atom is -0.355 e. The molecule has 0 spiro atoms. The number of H-pyrrole nitrogens is 1. The van der Waals surface area contributed by atoms with Crippen LogP contribution in [0.3, 0.4) is 0 Å². The fraction of sp³-hybridized carbons (Fsp3) is 0.312. The van der Waals surface area contributed by atoms with Gasteiger partial charge in [-0.1, -0.05) is 0 Å². The van der Waals surface area contributed by atoms with Crippen LogP contribution in [0.5, 0.6) is 0 Å². The molecule has 1 aliphatic heterocycles. The zero-order chi connectivity index (χ0) is 17.4. The third kappa shape index (κ3) is 2.73. The minimum atomic E-state index is -0.439. The highest BCUT2D eigenvalue weighted by molar-refractivity contribution is 5.87. The van der Waals surface area contributed by atoms with Crippen LogP contribution < -0.4 is 9.80 Å². The molecule has 1 fully saturated rings. The molecule has 0 amide bonds. The number of nitro groups is 1. The zero-order valence-electron chi connectivity index (χ0n) is 13.7. The molecule has 0 aliphatic carbocycles. The summed E-state index contributed by atoms with van der Waals surface area (Å²) in [7, 11) is 1.97. The maximum atomic E-state index is 10.8. The molecule has 1 N–H and O–H groups in total. The second kappa shape index (κ2) is 6.00. The molecule has 0 radical (unpaired) electrons. The molecule has 0 aromatic carbocycles. The average Bonchev–Trinajstić information content (AvgIpc) is 3.30. The molecule has 9 nitrogen and oxygen atoms in total. The lowest BCUT2D eigenvalue weighted by molar-refractivity contribution is -0.385. The number of likely N-dealkylation sites (N-methyl/N-ethyl adjacent to an activating group) is 1. The first-order chi connectivity index (χ1) is 12.1. The van der Waals surface area contributed by atoms with E-state index in [0.29, 0.717) is 0 Å². The Morgan fingerprint density at radius 3 is 2.96 bits per heavy atom. The highest BCUT2D eigenvalue weighted by atomic mass is 16.6. The predicted octanol–water partition coefficient (Wildman–Crippen LogP) is 1.98. The van der Waals surface area contributed by atoms with Gasteiger partial charge in [-0.2, -0.15) is 0 Å². The van der Waals surface area contributed by atoms with Gasteiger partial charge in [0.1, 0.15) is 29.8 Å². The summed E-state index contributed by atoms with van der Waals surface area (Å²) in [6.07, 6.45) is 5.70. The molecule has 128 valence electrons. The molecule has 1 atom stereocenters. The molecule has 4 rings (SSSR count). The van der Waals surface area contributed by atoms with E-state index in [1.54, 1.807) is 12.4 Å². The number of hydrogen-bond acceptors (Lipinski definition) is 7. The number of fused-ring (bicyclic) bond motifs is 1. The number of aromatic nitrogens is 4. The summed E-state index contributed by atoms with van der Waals surface area (Å²) >= 11 is 0. The molecular weight excluding hydrogens is 322 g/mol.